The zero-order valence-corrected chi connectivity index (χ0v) is 16.3. The number of nitro groups is 1. The number of nitro benzene ring substituents is 1. The second kappa shape index (κ2) is 7.80. The molecule has 0 unspecified atom stereocenters. The van der Waals surface area contributed by atoms with Crippen LogP contribution in [0.15, 0.2) is 59.4 Å². The van der Waals surface area contributed by atoms with Gasteiger partial charge in [0.2, 0.25) is 4.96 Å². The number of aromatic nitrogens is 3. The first-order valence-corrected chi connectivity index (χ1v) is 9.62. The average molecular weight is 408 g/mol. The fraction of sp³-hybridized carbons (Fsp3) is 0.150. The van der Waals surface area contributed by atoms with Gasteiger partial charge >= 0.3 is 0 Å². The molecule has 0 N–H and O–H groups in total. The normalized spacial score (nSPS) is 10.9. The summed E-state index contributed by atoms with van der Waals surface area (Å²) in [5.41, 5.74) is 2.12. The molecule has 0 aliphatic carbocycles. The first-order chi connectivity index (χ1) is 14.0. The first kappa shape index (κ1) is 18.8. The van der Waals surface area contributed by atoms with Crippen LogP contribution in [0, 0.1) is 17.0 Å². The van der Waals surface area contributed by atoms with Crippen molar-refractivity contribution in [2.75, 3.05) is 0 Å². The van der Waals surface area contributed by atoms with E-state index in [1.54, 1.807) is 13.0 Å². The van der Waals surface area contributed by atoms with Crippen LogP contribution < -0.4 is 10.3 Å². The molecule has 146 valence electrons. The lowest BCUT2D eigenvalue weighted by Crippen LogP contribution is -2.14. The molecule has 0 aliphatic rings. The quantitative estimate of drug-likeness (QED) is 0.357. The van der Waals surface area contributed by atoms with Gasteiger partial charge in [-0.05, 0) is 18.6 Å². The van der Waals surface area contributed by atoms with E-state index in [0.29, 0.717) is 33.4 Å². The predicted molar refractivity (Wildman–Crippen MR) is 109 cm³/mol. The summed E-state index contributed by atoms with van der Waals surface area (Å²) in [7, 11) is 0. The minimum absolute atomic E-state index is 0.00879. The molecule has 29 heavy (non-hydrogen) atoms. The SMILES string of the molecule is Cc1cc(=O)n2nc(COc3ccc([N+](=O)[O-])cc3Cc3ccccc3)sc2n1. The van der Waals surface area contributed by atoms with Crippen LogP contribution in [0.4, 0.5) is 5.69 Å². The monoisotopic (exact) mass is 408 g/mol. The minimum Gasteiger partial charge on any atom is -0.486 e. The Morgan fingerprint density at radius 2 is 1.97 bits per heavy atom. The molecule has 4 aromatic rings. The molecule has 0 atom stereocenters. The zero-order valence-electron chi connectivity index (χ0n) is 15.4. The third-order valence-electron chi connectivity index (χ3n) is 4.26. The third-order valence-corrected chi connectivity index (χ3v) is 5.14. The lowest BCUT2D eigenvalue weighted by molar-refractivity contribution is -0.384. The van der Waals surface area contributed by atoms with E-state index in [1.165, 1.54) is 34.1 Å². The summed E-state index contributed by atoms with van der Waals surface area (Å²) in [4.78, 5) is 27.6. The Bertz CT molecular complexity index is 1250. The van der Waals surface area contributed by atoms with Gasteiger partial charge in [-0.15, -0.1) is 0 Å². The summed E-state index contributed by atoms with van der Waals surface area (Å²) in [6.45, 7) is 1.89. The Labute approximate surface area is 169 Å². The van der Waals surface area contributed by atoms with Crippen molar-refractivity contribution in [3.63, 3.8) is 0 Å². The molecule has 0 spiro atoms. The molecule has 0 aliphatic heterocycles. The van der Waals surface area contributed by atoms with E-state index >= 15 is 0 Å². The highest BCUT2D eigenvalue weighted by Crippen LogP contribution is 2.28. The van der Waals surface area contributed by atoms with Crippen LogP contribution in [-0.2, 0) is 13.0 Å². The first-order valence-electron chi connectivity index (χ1n) is 8.80. The van der Waals surface area contributed by atoms with Crippen LogP contribution in [-0.4, -0.2) is 19.5 Å². The summed E-state index contributed by atoms with van der Waals surface area (Å²) in [6, 6.07) is 15.6. The highest BCUT2D eigenvalue weighted by atomic mass is 32.1. The van der Waals surface area contributed by atoms with Gasteiger partial charge in [-0.2, -0.15) is 9.61 Å². The molecule has 2 aromatic heterocycles. The highest BCUT2D eigenvalue weighted by Gasteiger charge is 2.14. The van der Waals surface area contributed by atoms with Crippen molar-refractivity contribution in [3.05, 3.63) is 96.9 Å². The van der Waals surface area contributed by atoms with Gasteiger partial charge in [-0.1, -0.05) is 41.7 Å². The number of hydrogen-bond donors (Lipinski definition) is 0. The van der Waals surface area contributed by atoms with E-state index < -0.39 is 4.92 Å². The molecular formula is C20H16N4O4S. The lowest BCUT2D eigenvalue weighted by Gasteiger charge is -2.10. The highest BCUT2D eigenvalue weighted by molar-refractivity contribution is 7.16. The lowest BCUT2D eigenvalue weighted by atomic mass is 10.0. The minimum atomic E-state index is -0.424. The summed E-state index contributed by atoms with van der Waals surface area (Å²) in [5, 5.41) is 16.0. The summed E-state index contributed by atoms with van der Waals surface area (Å²) in [5.74, 6) is 0.537. The van der Waals surface area contributed by atoms with Crippen molar-refractivity contribution in [1.29, 1.82) is 0 Å². The van der Waals surface area contributed by atoms with Gasteiger partial charge in [-0.25, -0.2) is 4.98 Å². The van der Waals surface area contributed by atoms with Crippen molar-refractivity contribution in [3.8, 4) is 5.75 Å². The van der Waals surface area contributed by atoms with Crippen LogP contribution in [0.5, 0.6) is 5.75 Å². The maximum Gasteiger partial charge on any atom is 0.275 e. The molecule has 0 saturated carbocycles. The zero-order chi connectivity index (χ0) is 20.4. The van der Waals surface area contributed by atoms with Crippen LogP contribution in [0.3, 0.4) is 0 Å². The standard InChI is InChI=1S/C20H16N4O4S/c1-13-9-19(25)23-20(21-13)29-18(22-23)12-28-17-8-7-16(24(26)27)11-15(17)10-14-5-3-2-4-6-14/h2-9,11H,10,12H2,1H3. The van der Waals surface area contributed by atoms with Gasteiger partial charge in [-0.3, -0.25) is 14.9 Å². The summed E-state index contributed by atoms with van der Waals surface area (Å²) < 4.78 is 7.16. The van der Waals surface area contributed by atoms with Crippen molar-refractivity contribution < 1.29 is 9.66 Å². The maximum absolute atomic E-state index is 12.0. The molecule has 2 heterocycles. The topological polar surface area (TPSA) is 99.6 Å². The van der Waals surface area contributed by atoms with Crippen molar-refractivity contribution >= 4 is 22.0 Å². The summed E-state index contributed by atoms with van der Waals surface area (Å²) in [6.07, 6.45) is 0.498. The molecule has 0 bridgehead atoms. The molecule has 2 aromatic carbocycles. The number of hydrogen-bond acceptors (Lipinski definition) is 7. The van der Waals surface area contributed by atoms with E-state index in [-0.39, 0.29) is 17.9 Å². The molecule has 8 nitrogen and oxygen atoms in total. The number of aryl methyl sites for hydroxylation is 1. The number of fused-ring (bicyclic) bond motifs is 1. The van der Waals surface area contributed by atoms with Crippen LogP contribution in [0.2, 0.25) is 0 Å². The van der Waals surface area contributed by atoms with Crippen molar-refractivity contribution in [1.82, 2.24) is 14.6 Å². The number of nitrogens with zero attached hydrogens (tertiary/aromatic N) is 4. The maximum atomic E-state index is 12.0. The van der Waals surface area contributed by atoms with E-state index in [4.69, 9.17) is 4.74 Å². The van der Waals surface area contributed by atoms with E-state index in [9.17, 15) is 14.9 Å². The van der Waals surface area contributed by atoms with Gasteiger partial charge < -0.3 is 4.74 Å². The Kier molecular flexibility index (Phi) is 5.05. The molecule has 4 rings (SSSR count). The predicted octanol–water partition coefficient (Wildman–Crippen LogP) is 3.54. The van der Waals surface area contributed by atoms with Crippen molar-refractivity contribution in [2.45, 2.75) is 20.0 Å². The van der Waals surface area contributed by atoms with E-state index in [2.05, 4.69) is 10.1 Å². The van der Waals surface area contributed by atoms with Crippen LogP contribution in [0.25, 0.3) is 4.96 Å². The van der Waals surface area contributed by atoms with Crippen LogP contribution in [0.1, 0.15) is 21.8 Å². The second-order valence-electron chi connectivity index (χ2n) is 6.43. The van der Waals surface area contributed by atoms with Gasteiger partial charge in [0.05, 0.1) is 4.92 Å². The average Bonchev–Trinajstić information content (AvgIpc) is 3.11. The molecular weight excluding hydrogens is 392 g/mol. The fourth-order valence-electron chi connectivity index (χ4n) is 2.93. The largest absolute Gasteiger partial charge is 0.486 e. The van der Waals surface area contributed by atoms with Gasteiger partial charge in [0.15, 0.2) is 5.01 Å². The van der Waals surface area contributed by atoms with Crippen molar-refractivity contribution in [2.24, 2.45) is 0 Å². The molecule has 0 radical (unpaired) electrons. The van der Waals surface area contributed by atoms with E-state index in [0.717, 1.165) is 5.56 Å². The third kappa shape index (κ3) is 4.14. The Morgan fingerprint density at radius 3 is 2.72 bits per heavy atom. The number of rotatable bonds is 6. The van der Waals surface area contributed by atoms with Gasteiger partial charge in [0.25, 0.3) is 11.2 Å². The second-order valence-corrected chi connectivity index (χ2v) is 7.47. The Morgan fingerprint density at radius 1 is 1.17 bits per heavy atom. The smallest absolute Gasteiger partial charge is 0.275 e. The van der Waals surface area contributed by atoms with E-state index in [1.807, 2.05) is 30.3 Å². The molecule has 0 saturated heterocycles. The molecule has 0 fully saturated rings. The summed E-state index contributed by atoms with van der Waals surface area (Å²) >= 11 is 1.27. The number of benzene rings is 2. The number of non-ortho nitro benzene ring substituents is 1. The fourth-order valence-corrected chi connectivity index (χ4v) is 3.79. The molecule has 0 amide bonds. The Hall–Kier alpha value is -3.59. The van der Waals surface area contributed by atoms with Gasteiger partial charge in [0.1, 0.15) is 12.4 Å². The van der Waals surface area contributed by atoms with Gasteiger partial charge in [0, 0.05) is 35.9 Å². The Balaban J connectivity index is 1.61. The molecule has 9 heteroatoms. The number of ether oxygens (including phenoxy) is 1. The van der Waals surface area contributed by atoms with Crippen LogP contribution >= 0.6 is 11.3 Å².